The minimum Gasteiger partial charge on any atom is -0.481 e. The number of carboxylic acids is 1. The SMILES string of the molecule is Cc1ccc(S(=O)(=O)N(CCC(=O)O)C2CC2)cc1C. The standard InChI is InChI=1S/C14H19NO4S/c1-10-3-6-13(9-11(10)2)20(18,19)15(12-4-5-12)8-7-14(16)17/h3,6,9,12H,4-5,7-8H2,1-2H3,(H,16,17). The molecule has 1 N–H and O–H groups in total. The molecule has 0 radical (unpaired) electrons. The first kappa shape index (κ1) is 15.0. The van der Waals surface area contributed by atoms with Crippen LogP contribution in [0.5, 0.6) is 0 Å². The fraction of sp³-hybridized carbons (Fsp3) is 0.500. The van der Waals surface area contributed by atoms with E-state index in [0.717, 1.165) is 24.0 Å². The van der Waals surface area contributed by atoms with Gasteiger partial charge in [-0.15, -0.1) is 0 Å². The zero-order valence-corrected chi connectivity index (χ0v) is 12.5. The molecule has 2 rings (SSSR count). The van der Waals surface area contributed by atoms with Crippen molar-refractivity contribution in [2.75, 3.05) is 6.54 Å². The number of carbonyl (C=O) groups is 1. The largest absolute Gasteiger partial charge is 0.481 e. The van der Waals surface area contributed by atoms with E-state index in [1.54, 1.807) is 18.2 Å². The van der Waals surface area contributed by atoms with Crippen LogP contribution in [-0.4, -0.2) is 36.4 Å². The van der Waals surface area contributed by atoms with E-state index in [9.17, 15) is 13.2 Å². The van der Waals surface area contributed by atoms with Crippen LogP contribution in [0.4, 0.5) is 0 Å². The van der Waals surface area contributed by atoms with Crippen LogP contribution in [0.25, 0.3) is 0 Å². The molecule has 0 saturated heterocycles. The Kier molecular flexibility index (Phi) is 4.15. The van der Waals surface area contributed by atoms with Crippen LogP contribution in [0.3, 0.4) is 0 Å². The van der Waals surface area contributed by atoms with Crippen LogP contribution in [0.15, 0.2) is 23.1 Å². The molecular formula is C14H19NO4S. The number of nitrogens with zero attached hydrogens (tertiary/aromatic N) is 1. The summed E-state index contributed by atoms with van der Waals surface area (Å²) in [4.78, 5) is 10.9. The van der Waals surface area contributed by atoms with E-state index in [0.29, 0.717) is 0 Å². The number of benzene rings is 1. The molecule has 1 fully saturated rings. The number of aliphatic carboxylic acids is 1. The number of hydrogen-bond donors (Lipinski definition) is 1. The first-order chi connectivity index (χ1) is 9.32. The fourth-order valence-corrected chi connectivity index (χ4v) is 3.85. The molecule has 0 spiro atoms. The molecule has 0 aromatic heterocycles. The lowest BCUT2D eigenvalue weighted by molar-refractivity contribution is -0.137. The van der Waals surface area contributed by atoms with E-state index >= 15 is 0 Å². The lowest BCUT2D eigenvalue weighted by Gasteiger charge is -2.21. The molecule has 1 saturated carbocycles. The molecule has 0 bridgehead atoms. The molecule has 1 aliphatic rings. The maximum absolute atomic E-state index is 12.6. The van der Waals surface area contributed by atoms with Crippen molar-refractivity contribution in [1.29, 1.82) is 0 Å². The molecule has 0 heterocycles. The van der Waals surface area contributed by atoms with Crippen molar-refractivity contribution >= 4 is 16.0 Å². The molecule has 0 amide bonds. The fourth-order valence-electron chi connectivity index (χ4n) is 2.08. The van der Waals surface area contributed by atoms with Crippen LogP contribution in [0.2, 0.25) is 0 Å². The lowest BCUT2D eigenvalue weighted by atomic mass is 10.1. The van der Waals surface area contributed by atoms with Gasteiger partial charge in [0.1, 0.15) is 0 Å². The normalized spacial score (nSPS) is 15.6. The maximum Gasteiger partial charge on any atom is 0.304 e. The molecule has 0 atom stereocenters. The van der Waals surface area contributed by atoms with Gasteiger partial charge in [0.2, 0.25) is 10.0 Å². The Morgan fingerprint density at radius 3 is 2.45 bits per heavy atom. The number of rotatable bonds is 6. The molecule has 110 valence electrons. The van der Waals surface area contributed by atoms with Crippen molar-refractivity contribution in [3.63, 3.8) is 0 Å². The van der Waals surface area contributed by atoms with E-state index < -0.39 is 16.0 Å². The summed E-state index contributed by atoms with van der Waals surface area (Å²) in [6.07, 6.45) is 1.45. The summed E-state index contributed by atoms with van der Waals surface area (Å²) in [5.74, 6) is -0.981. The van der Waals surface area contributed by atoms with Crippen LogP contribution in [0.1, 0.15) is 30.4 Å². The molecule has 1 aliphatic carbocycles. The Morgan fingerprint density at radius 2 is 1.95 bits per heavy atom. The Morgan fingerprint density at radius 1 is 1.30 bits per heavy atom. The van der Waals surface area contributed by atoms with Gasteiger partial charge >= 0.3 is 5.97 Å². The van der Waals surface area contributed by atoms with Gasteiger partial charge in [0.05, 0.1) is 11.3 Å². The predicted molar refractivity (Wildman–Crippen MR) is 75.1 cm³/mol. The third-order valence-corrected chi connectivity index (χ3v) is 5.53. The van der Waals surface area contributed by atoms with Gasteiger partial charge in [-0.2, -0.15) is 4.31 Å². The average molecular weight is 297 g/mol. The Balaban J connectivity index is 2.29. The number of carboxylic acid groups (broad SMARTS) is 1. The van der Waals surface area contributed by atoms with Gasteiger partial charge in [-0.3, -0.25) is 4.79 Å². The molecule has 20 heavy (non-hydrogen) atoms. The van der Waals surface area contributed by atoms with Crippen molar-refractivity contribution in [1.82, 2.24) is 4.31 Å². The lowest BCUT2D eigenvalue weighted by Crippen LogP contribution is -2.35. The van der Waals surface area contributed by atoms with E-state index in [4.69, 9.17) is 5.11 Å². The second-order valence-electron chi connectivity index (χ2n) is 5.24. The molecule has 0 unspecified atom stereocenters. The highest BCUT2D eigenvalue weighted by Gasteiger charge is 2.38. The van der Waals surface area contributed by atoms with Gasteiger partial charge in [0.25, 0.3) is 0 Å². The smallest absolute Gasteiger partial charge is 0.304 e. The van der Waals surface area contributed by atoms with Crippen molar-refractivity contribution < 1.29 is 18.3 Å². The average Bonchev–Trinajstić information content (AvgIpc) is 3.16. The van der Waals surface area contributed by atoms with Crippen molar-refractivity contribution in [3.05, 3.63) is 29.3 Å². The van der Waals surface area contributed by atoms with E-state index in [2.05, 4.69) is 0 Å². The second kappa shape index (κ2) is 5.54. The first-order valence-electron chi connectivity index (χ1n) is 6.63. The maximum atomic E-state index is 12.6. The van der Waals surface area contributed by atoms with Gasteiger partial charge in [-0.05, 0) is 49.9 Å². The van der Waals surface area contributed by atoms with E-state index in [-0.39, 0.29) is 23.9 Å². The number of hydrogen-bond acceptors (Lipinski definition) is 3. The number of sulfonamides is 1. The summed E-state index contributed by atoms with van der Waals surface area (Å²) >= 11 is 0. The minimum atomic E-state index is -3.60. The van der Waals surface area contributed by atoms with Crippen molar-refractivity contribution in [2.24, 2.45) is 0 Å². The van der Waals surface area contributed by atoms with E-state index in [1.807, 2.05) is 13.8 Å². The molecule has 6 heteroatoms. The first-order valence-corrected chi connectivity index (χ1v) is 8.07. The third kappa shape index (κ3) is 3.19. The van der Waals surface area contributed by atoms with Crippen LogP contribution in [-0.2, 0) is 14.8 Å². The van der Waals surface area contributed by atoms with E-state index in [1.165, 1.54) is 4.31 Å². The Labute approximate surface area is 119 Å². The monoisotopic (exact) mass is 297 g/mol. The van der Waals surface area contributed by atoms with Gasteiger partial charge in [-0.1, -0.05) is 6.07 Å². The van der Waals surface area contributed by atoms with Crippen LogP contribution in [0, 0.1) is 13.8 Å². The molecule has 1 aromatic carbocycles. The molecule has 1 aromatic rings. The Bertz CT molecular complexity index is 620. The summed E-state index contributed by atoms with van der Waals surface area (Å²) in [7, 11) is -3.60. The summed E-state index contributed by atoms with van der Waals surface area (Å²) in [6.45, 7) is 3.83. The second-order valence-corrected chi connectivity index (χ2v) is 7.13. The molecule has 0 aliphatic heterocycles. The van der Waals surface area contributed by atoms with Gasteiger partial charge in [0, 0.05) is 12.6 Å². The molecular weight excluding hydrogens is 278 g/mol. The summed E-state index contributed by atoms with van der Waals surface area (Å²) in [5, 5.41) is 8.76. The topological polar surface area (TPSA) is 74.7 Å². The minimum absolute atomic E-state index is 0.0370. The highest BCUT2D eigenvalue weighted by molar-refractivity contribution is 7.89. The molecule has 5 nitrogen and oxygen atoms in total. The van der Waals surface area contributed by atoms with Gasteiger partial charge in [0.15, 0.2) is 0 Å². The zero-order valence-electron chi connectivity index (χ0n) is 11.7. The zero-order chi connectivity index (χ0) is 14.9. The third-order valence-electron chi connectivity index (χ3n) is 3.59. The highest BCUT2D eigenvalue weighted by Crippen LogP contribution is 2.32. The predicted octanol–water partition coefficient (Wildman–Crippen LogP) is 1.93. The van der Waals surface area contributed by atoms with Crippen LogP contribution >= 0.6 is 0 Å². The quantitative estimate of drug-likeness (QED) is 0.870. The van der Waals surface area contributed by atoms with Crippen molar-refractivity contribution in [3.8, 4) is 0 Å². The van der Waals surface area contributed by atoms with Gasteiger partial charge < -0.3 is 5.11 Å². The number of aryl methyl sites for hydroxylation is 2. The van der Waals surface area contributed by atoms with Crippen LogP contribution < -0.4 is 0 Å². The summed E-state index contributed by atoms with van der Waals surface area (Å²) in [5.41, 5.74) is 1.95. The van der Waals surface area contributed by atoms with Crippen molar-refractivity contribution in [2.45, 2.75) is 44.0 Å². The summed E-state index contributed by atoms with van der Waals surface area (Å²) in [6, 6.07) is 4.99. The van der Waals surface area contributed by atoms with Gasteiger partial charge in [-0.25, -0.2) is 8.42 Å². The highest BCUT2D eigenvalue weighted by atomic mass is 32.2. The summed E-state index contributed by atoms with van der Waals surface area (Å²) < 4.78 is 26.6. The Hall–Kier alpha value is -1.40.